The molecule has 0 amide bonds. The smallest absolute Gasteiger partial charge is 0.208 e. The van der Waals surface area contributed by atoms with Gasteiger partial charge in [0.1, 0.15) is 0 Å². The molecule has 1 fully saturated rings. The third kappa shape index (κ3) is 5.46. The lowest BCUT2D eigenvalue weighted by Gasteiger charge is -2.35. The number of nitrogens with one attached hydrogen (secondary N) is 2. The monoisotopic (exact) mass is 236 g/mol. The van der Waals surface area contributed by atoms with Gasteiger partial charge >= 0.3 is 0 Å². The Bertz CT molecular complexity index is 273. The van der Waals surface area contributed by atoms with E-state index in [1.54, 1.807) is 0 Å². The first kappa shape index (κ1) is 12.9. The quantitative estimate of drug-likeness (QED) is 0.595. The topological polar surface area (TPSA) is 67.4 Å². The Balaban J connectivity index is 1.95. The number of rotatable bonds is 7. The maximum Gasteiger partial charge on any atom is 0.208 e. The molecule has 0 radical (unpaired) electrons. The summed E-state index contributed by atoms with van der Waals surface area (Å²) >= 11 is 0. The summed E-state index contributed by atoms with van der Waals surface area (Å²) in [6, 6.07) is 0.489. The Morgan fingerprint density at radius 3 is 2.53 bits per heavy atom. The molecule has 0 aromatic heterocycles. The lowest BCUT2D eigenvalue weighted by molar-refractivity contribution is -0.00954. The predicted octanol–water partition coefficient (Wildman–Crippen LogP) is -0.307. The van der Waals surface area contributed by atoms with E-state index in [2.05, 4.69) is 10.0 Å². The molecule has 0 aromatic carbocycles. The molecule has 0 heterocycles. The molecule has 0 atom stereocenters. The zero-order valence-corrected chi connectivity index (χ0v) is 10.1. The number of hydrogen-bond acceptors (Lipinski definition) is 4. The fraction of sp³-hybridized carbons (Fsp3) is 1.00. The van der Waals surface area contributed by atoms with E-state index < -0.39 is 10.0 Å². The molecule has 1 rings (SSSR count). The van der Waals surface area contributed by atoms with Crippen LogP contribution in [0.15, 0.2) is 0 Å². The van der Waals surface area contributed by atoms with E-state index in [4.69, 9.17) is 4.74 Å². The Morgan fingerprint density at radius 1 is 1.33 bits per heavy atom. The highest BCUT2D eigenvalue weighted by Gasteiger charge is 2.28. The van der Waals surface area contributed by atoms with E-state index in [1.807, 2.05) is 6.92 Å². The van der Waals surface area contributed by atoms with E-state index in [0.29, 0.717) is 25.2 Å². The molecule has 2 N–H and O–H groups in total. The van der Waals surface area contributed by atoms with Crippen LogP contribution in [0.5, 0.6) is 0 Å². The zero-order chi connectivity index (χ0) is 11.3. The van der Waals surface area contributed by atoms with Crippen LogP contribution in [0.2, 0.25) is 0 Å². The van der Waals surface area contributed by atoms with E-state index >= 15 is 0 Å². The molecule has 0 saturated heterocycles. The second-order valence-electron chi connectivity index (χ2n) is 3.87. The zero-order valence-electron chi connectivity index (χ0n) is 9.32. The van der Waals surface area contributed by atoms with Gasteiger partial charge in [0, 0.05) is 25.7 Å². The van der Waals surface area contributed by atoms with Crippen LogP contribution in [0.1, 0.15) is 19.8 Å². The normalized spacial score (nSPS) is 26.3. The minimum atomic E-state index is -3.04. The van der Waals surface area contributed by atoms with Crippen LogP contribution in [-0.4, -0.2) is 46.5 Å². The van der Waals surface area contributed by atoms with Gasteiger partial charge < -0.3 is 10.1 Å². The van der Waals surface area contributed by atoms with Crippen molar-refractivity contribution in [3.8, 4) is 0 Å². The van der Waals surface area contributed by atoms with Crippen LogP contribution in [0.25, 0.3) is 0 Å². The van der Waals surface area contributed by atoms with Crippen molar-refractivity contribution >= 4 is 10.0 Å². The lowest BCUT2D eigenvalue weighted by atomic mass is 9.89. The number of hydrogen-bond donors (Lipinski definition) is 2. The van der Waals surface area contributed by atoms with Gasteiger partial charge in [0.2, 0.25) is 10.0 Å². The molecule has 0 spiro atoms. The first-order chi connectivity index (χ1) is 7.01. The van der Waals surface area contributed by atoms with Gasteiger partial charge in [-0.25, -0.2) is 13.1 Å². The molecule has 1 aliphatic carbocycles. The second kappa shape index (κ2) is 5.79. The van der Waals surface area contributed by atoms with Crippen molar-refractivity contribution in [1.82, 2.24) is 10.0 Å². The Kier molecular flexibility index (Phi) is 4.98. The third-order valence-electron chi connectivity index (χ3n) is 2.42. The highest BCUT2D eigenvalue weighted by molar-refractivity contribution is 7.88. The highest BCUT2D eigenvalue weighted by atomic mass is 32.2. The predicted molar refractivity (Wildman–Crippen MR) is 59.3 cm³/mol. The van der Waals surface area contributed by atoms with Crippen molar-refractivity contribution in [1.29, 1.82) is 0 Å². The third-order valence-corrected chi connectivity index (χ3v) is 3.15. The first-order valence-corrected chi connectivity index (χ1v) is 7.20. The van der Waals surface area contributed by atoms with Gasteiger partial charge in [-0.2, -0.15) is 0 Å². The Hall–Kier alpha value is -0.170. The van der Waals surface area contributed by atoms with Gasteiger partial charge in [-0.3, -0.25) is 0 Å². The lowest BCUT2D eigenvalue weighted by Crippen LogP contribution is -2.47. The molecular formula is C9H20N2O3S. The first-order valence-electron chi connectivity index (χ1n) is 5.31. The van der Waals surface area contributed by atoms with Crippen molar-refractivity contribution in [2.45, 2.75) is 31.9 Å². The summed E-state index contributed by atoms with van der Waals surface area (Å²) in [6.45, 7) is 3.90. The number of sulfonamides is 1. The fourth-order valence-electron chi connectivity index (χ4n) is 1.62. The van der Waals surface area contributed by atoms with Crippen LogP contribution < -0.4 is 10.0 Å². The van der Waals surface area contributed by atoms with Crippen LogP contribution in [-0.2, 0) is 14.8 Å². The molecular weight excluding hydrogens is 216 g/mol. The standard InChI is InChI=1S/C9H20N2O3S/c1-3-14-9-6-8(7-9)10-4-5-11-15(2,12)13/h8-11H,3-7H2,1-2H3. The average molecular weight is 236 g/mol. The Morgan fingerprint density at radius 2 is 2.00 bits per heavy atom. The molecule has 1 aliphatic rings. The van der Waals surface area contributed by atoms with Crippen LogP contribution in [0.3, 0.4) is 0 Å². The summed E-state index contributed by atoms with van der Waals surface area (Å²) in [7, 11) is -3.04. The summed E-state index contributed by atoms with van der Waals surface area (Å²) in [5, 5.41) is 3.27. The summed E-state index contributed by atoms with van der Waals surface area (Å²) in [4.78, 5) is 0. The molecule has 6 heteroatoms. The molecule has 90 valence electrons. The van der Waals surface area contributed by atoms with Gasteiger partial charge in [-0.1, -0.05) is 0 Å². The molecule has 0 bridgehead atoms. The second-order valence-corrected chi connectivity index (χ2v) is 5.70. The van der Waals surface area contributed by atoms with E-state index in [0.717, 1.165) is 19.4 Å². The maximum atomic E-state index is 10.7. The summed E-state index contributed by atoms with van der Waals surface area (Å²) in [6.07, 6.45) is 3.64. The maximum absolute atomic E-state index is 10.7. The van der Waals surface area contributed by atoms with E-state index in [9.17, 15) is 8.42 Å². The molecule has 0 aliphatic heterocycles. The molecule has 15 heavy (non-hydrogen) atoms. The van der Waals surface area contributed by atoms with Gasteiger partial charge in [-0.05, 0) is 19.8 Å². The van der Waals surface area contributed by atoms with E-state index in [1.165, 1.54) is 6.26 Å². The van der Waals surface area contributed by atoms with Gasteiger partial charge in [0.25, 0.3) is 0 Å². The van der Waals surface area contributed by atoms with Crippen molar-refractivity contribution in [3.63, 3.8) is 0 Å². The van der Waals surface area contributed by atoms with Gasteiger partial charge in [0.15, 0.2) is 0 Å². The van der Waals surface area contributed by atoms with Gasteiger partial charge in [-0.15, -0.1) is 0 Å². The fourth-order valence-corrected chi connectivity index (χ4v) is 2.09. The molecule has 5 nitrogen and oxygen atoms in total. The average Bonchev–Trinajstić information content (AvgIpc) is 2.05. The van der Waals surface area contributed by atoms with Crippen LogP contribution in [0.4, 0.5) is 0 Å². The minimum absolute atomic E-state index is 0.398. The van der Waals surface area contributed by atoms with E-state index in [-0.39, 0.29) is 0 Å². The number of ether oxygens (including phenoxy) is 1. The summed E-state index contributed by atoms with van der Waals surface area (Å²) in [5.74, 6) is 0. The van der Waals surface area contributed by atoms with Crippen molar-refractivity contribution in [2.75, 3.05) is 26.0 Å². The minimum Gasteiger partial charge on any atom is -0.378 e. The summed E-state index contributed by atoms with van der Waals surface area (Å²) in [5.41, 5.74) is 0. The van der Waals surface area contributed by atoms with Crippen molar-refractivity contribution < 1.29 is 13.2 Å². The van der Waals surface area contributed by atoms with Crippen molar-refractivity contribution in [2.24, 2.45) is 0 Å². The highest BCUT2D eigenvalue weighted by Crippen LogP contribution is 2.22. The largest absolute Gasteiger partial charge is 0.378 e. The van der Waals surface area contributed by atoms with Crippen molar-refractivity contribution in [3.05, 3.63) is 0 Å². The van der Waals surface area contributed by atoms with Crippen LogP contribution >= 0.6 is 0 Å². The molecule has 0 unspecified atom stereocenters. The van der Waals surface area contributed by atoms with Crippen LogP contribution in [0, 0.1) is 0 Å². The van der Waals surface area contributed by atoms with Gasteiger partial charge in [0.05, 0.1) is 12.4 Å². The Labute approximate surface area is 91.6 Å². The SMILES string of the molecule is CCOC1CC(NCCNS(C)(=O)=O)C1. The molecule has 0 aromatic rings. The molecule has 1 saturated carbocycles. The summed E-state index contributed by atoms with van der Waals surface area (Å²) < 4.78 is 29.3.